The molecule has 1 saturated carbocycles. The van der Waals surface area contributed by atoms with Crippen molar-refractivity contribution in [2.24, 2.45) is 5.41 Å². The van der Waals surface area contributed by atoms with Gasteiger partial charge in [-0.15, -0.1) is 0 Å². The van der Waals surface area contributed by atoms with Crippen molar-refractivity contribution in [3.63, 3.8) is 0 Å². The molecule has 0 amide bonds. The number of aromatic nitrogens is 2. The molecule has 0 unspecified atom stereocenters. The highest BCUT2D eigenvalue weighted by Crippen LogP contribution is 2.49. The van der Waals surface area contributed by atoms with E-state index in [0.29, 0.717) is 13.0 Å². The van der Waals surface area contributed by atoms with Crippen LogP contribution in [0.4, 0.5) is 5.69 Å². The highest BCUT2D eigenvalue weighted by Gasteiger charge is 2.43. The number of nitrogens with zero attached hydrogens (tertiary/aromatic N) is 4. The third-order valence-corrected chi connectivity index (χ3v) is 4.22. The normalized spacial score (nSPS) is 20.3. The van der Waals surface area contributed by atoms with E-state index in [1.807, 2.05) is 0 Å². The monoisotopic (exact) mass is 258 g/mol. The minimum absolute atomic E-state index is 0.0146. The standard InChI is InChI=1S/C14H18N4O/c15-6-5-14(3-4-14)11-18-13(19)9-12(10-16-18)17-7-1-2-8-17/h9-10H,1-5,7-8,11H2. The van der Waals surface area contributed by atoms with E-state index < -0.39 is 0 Å². The number of nitriles is 1. The molecule has 1 aliphatic heterocycles. The van der Waals surface area contributed by atoms with Gasteiger partial charge in [0.15, 0.2) is 0 Å². The van der Waals surface area contributed by atoms with Crippen LogP contribution < -0.4 is 10.5 Å². The van der Waals surface area contributed by atoms with E-state index in [0.717, 1.165) is 31.6 Å². The fraction of sp³-hybridized carbons (Fsp3) is 0.643. The van der Waals surface area contributed by atoms with Gasteiger partial charge in [-0.3, -0.25) is 4.79 Å². The minimum Gasteiger partial charge on any atom is -0.370 e. The Bertz CT molecular complexity index is 562. The van der Waals surface area contributed by atoms with Crippen molar-refractivity contribution in [2.45, 2.75) is 38.6 Å². The average Bonchev–Trinajstić information content (AvgIpc) is 2.93. The van der Waals surface area contributed by atoms with Crippen molar-refractivity contribution < 1.29 is 0 Å². The van der Waals surface area contributed by atoms with Crippen LogP contribution in [0.3, 0.4) is 0 Å². The summed E-state index contributed by atoms with van der Waals surface area (Å²) in [7, 11) is 0. The van der Waals surface area contributed by atoms with E-state index in [-0.39, 0.29) is 11.0 Å². The van der Waals surface area contributed by atoms with Gasteiger partial charge in [0, 0.05) is 31.0 Å². The maximum Gasteiger partial charge on any atom is 0.268 e. The molecule has 19 heavy (non-hydrogen) atoms. The van der Waals surface area contributed by atoms with Gasteiger partial charge in [-0.05, 0) is 25.7 Å². The van der Waals surface area contributed by atoms with Crippen molar-refractivity contribution in [3.8, 4) is 6.07 Å². The molecule has 100 valence electrons. The molecule has 1 aliphatic carbocycles. The molecule has 1 aromatic rings. The number of hydrogen-bond acceptors (Lipinski definition) is 4. The lowest BCUT2D eigenvalue weighted by Crippen LogP contribution is -2.29. The van der Waals surface area contributed by atoms with Crippen molar-refractivity contribution in [2.75, 3.05) is 18.0 Å². The Morgan fingerprint density at radius 1 is 1.37 bits per heavy atom. The summed E-state index contributed by atoms with van der Waals surface area (Å²) in [4.78, 5) is 14.3. The first-order valence-corrected chi connectivity index (χ1v) is 6.92. The minimum atomic E-state index is -0.0476. The van der Waals surface area contributed by atoms with E-state index in [9.17, 15) is 4.79 Å². The Balaban J connectivity index is 1.77. The lowest BCUT2D eigenvalue weighted by molar-refractivity contribution is 0.391. The maximum atomic E-state index is 12.1. The van der Waals surface area contributed by atoms with E-state index in [1.165, 1.54) is 17.5 Å². The van der Waals surface area contributed by atoms with Crippen molar-refractivity contribution >= 4 is 5.69 Å². The molecule has 0 N–H and O–H groups in total. The van der Waals surface area contributed by atoms with Crippen LogP contribution in [0.25, 0.3) is 0 Å². The maximum absolute atomic E-state index is 12.1. The summed E-state index contributed by atoms with van der Waals surface area (Å²) in [6.07, 6.45) is 6.75. The third-order valence-electron chi connectivity index (χ3n) is 4.22. The molecule has 0 bridgehead atoms. The molecule has 5 nitrogen and oxygen atoms in total. The second kappa shape index (κ2) is 4.69. The van der Waals surface area contributed by atoms with Crippen molar-refractivity contribution in [1.82, 2.24) is 9.78 Å². The summed E-state index contributed by atoms with van der Waals surface area (Å²) in [5.74, 6) is 0. The molecule has 3 rings (SSSR count). The zero-order valence-electron chi connectivity index (χ0n) is 11.0. The SMILES string of the molecule is N#CCC1(Cn2ncc(N3CCCC3)cc2=O)CC1. The van der Waals surface area contributed by atoms with Crippen LogP contribution in [0.15, 0.2) is 17.1 Å². The van der Waals surface area contributed by atoms with Crippen molar-refractivity contribution in [3.05, 3.63) is 22.6 Å². The molecule has 2 aliphatic rings. The molecule has 0 aromatic carbocycles. The summed E-state index contributed by atoms with van der Waals surface area (Å²) in [5.41, 5.74) is 0.901. The van der Waals surface area contributed by atoms with Crippen LogP contribution in [0.5, 0.6) is 0 Å². The molecular weight excluding hydrogens is 240 g/mol. The van der Waals surface area contributed by atoms with E-state index in [1.54, 1.807) is 12.3 Å². The lowest BCUT2D eigenvalue weighted by atomic mass is 10.0. The van der Waals surface area contributed by atoms with Gasteiger partial charge in [0.05, 0.1) is 24.5 Å². The van der Waals surface area contributed by atoms with Gasteiger partial charge in [-0.25, -0.2) is 4.68 Å². The number of rotatable bonds is 4. The van der Waals surface area contributed by atoms with Gasteiger partial charge >= 0.3 is 0 Å². The molecule has 0 spiro atoms. The Hall–Kier alpha value is -1.83. The molecule has 0 atom stereocenters. The summed E-state index contributed by atoms with van der Waals surface area (Å²) in [6.45, 7) is 2.62. The van der Waals surface area contributed by atoms with E-state index >= 15 is 0 Å². The Kier molecular flexibility index (Phi) is 3.02. The number of hydrogen-bond donors (Lipinski definition) is 0. The largest absolute Gasteiger partial charge is 0.370 e. The van der Waals surface area contributed by atoms with Crippen LogP contribution in [0, 0.1) is 16.7 Å². The molecule has 0 radical (unpaired) electrons. The summed E-state index contributed by atoms with van der Waals surface area (Å²) < 4.78 is 1.52. The van der Waals surface area contributed by atoms with Gasteiger partial charge in [0.1, 0.15) is 0 Å². The van der Waals surface area contributed by atoms with E-state index in [2.05, 4.69) is 16.1 Å². The summed E-state index contributed by atoms with van der Waals surface area (Å²) in [5, 5.41) is 13.1. The first kappa shape index (κ1) is 12.2. The highest BCUT2D eigenvalue weighted by atomic mass is 16.1. The Morgan fingerprint density at radius 2 is 2.11 bits per heavy atom. The van der Waals surface area contributed by atoms with Gasteiger partial charge in [-0.1, -0.05) is 0 Å². The molecule has 2 fully saturated rings. The molecular formula is C14H18N4O. The van der Waals surface area contributed by atoms with Crippen LogP contribution in [0.2, 0.25) is 0 Å². The predicted molar refractivity (Wildman–Crippen MR) is 71.8 cm³/mol. The van der Waals surface area contributed by atoms with Gasteiger partial charge < -0.3 is 4.90 Å². The van der Waals surface area contributed by atoms with Crippen LogP contribution in [0.1, 0.15) is 32.1 Å². The topological polar surface area (TPSA) is 61.9 Å². The van der Waals surface area contributed by atoms with Gasteiger partial charge in [-0.2, -0.15) is 10.4 Å². The molecule has 2 heterocycles. The fourth-order valence-electron chi connectivity index (χ4n) is 2.74. The Labute approximate surface area is 112 Å². The first-order valence-electron chi connectivity index (χ1n) is 6.92. The second-order valence-electron chi connectivity index (χ2n) is 5.74. The molecule has 1 saturated heterocycles. The third kappa shape index (κ3) is 2.48. The number of anilines is 1. The van der Waals surface area contributed by atoms with Crippen molar-refractivity contribution in [1.29, 1.82) is 5.26 Å². The average molecular weight is 258 g/mol. The van der Waals surface area contributed by atoms with Crippen LogP contribution in [-0.2, 0) is 6.54 Å². The summed E-state index contributed by atoms with van der Waals surface area (Å²) in [6, 6.07) is 3.90. The van der Waals surface area contributed by atoms with E-state index in [4.69, 9.17) is 5.26 Å². The Morgan fingerprint density at radius 3 is 2.68 bits per heavy atom. The van der Waals surface area contributed by atoms with Crippen LogP contribution >= 0.6 is 0 Å². The molecule has 1 aromatic heterocycles. The quantitative estimate of drug-likeness (QED) is 0.821. The highest BCUT2D eigenvalue weighted by molar-refractivity contribution is 5.43. The fourth-order valence-corrected chi connectivity index (χ4v) is 2.74. The zero-order chi connectivity index (χ0) is 13.3. The first-order chi connectivity index (χ1) is 9.22. The zero-order valence-corrected chi connectivity index (χ0v) is 11.0. The lowest BCUT2D eigenvalue weighted by Gasteiger charge is -2.18. The van der Waals surface area contributed by atoms with Crippen LogP contribution in [-0.4, -0.2) is 22.9 Å². The molecule has 5 heteroatoms. The van der Waals surface area contributed by atoms with Gasteiger partial charge in [0.2, 0.25) is 0 Å². The van der Waals surface area contributed by atoms with Gasteiger partial charge in [0.25, 0.3) is 5.56 Å². The second-order valence-corrected chi connectivity index (χ2v) is 5.74. The summed E-state index contributed by atoms with van der Waals surface area (Å²) >= 11 is 0. The predicted octanol–water partition coefficient (Wildman–Crippen LogP) is 1.54. The smallest absolute Gasteiger partial charge is 0.268 e.